The average Bonchev–Trinajstić information content (AvgIpc) is 2.90. The second-order valence-corrected chi connectivity index (χ2v) is 8.35. The van der Waals surface area contributed by atoms with Crippen molar-refractivity contribution >= 4 is 11.6 Å². The lowest BCUT2D eigenvalue weighted by atomic mass is 9.92. The fraction of sp³-hybridized carbons (Fsp3) is 0.458. The maximum absolute atomic E-state index is 12.5. The minimum absolute atomic E-state index is 0.0633. The molecule has 0 radical (unpaired) electrons. The number of carbonyl (C=O) groups excluding carboxylic acids is 1. The number of anilines is 1. The summed E-state index contributed by atoms with van der Waals surface area (Å²) >= 11 is 0. The van der Waals surface area contributed by atoms with E-state index in [1.165, 1.54) is 16.7 Å². The van der Waals surface area contributed by atoms with Crippen molar-refractivity contribution in [3.8, 4) is 0 Å². The molecular weight excluding hydrogens is 348 g/mol. The Kier molecular flexibility index (Phi) is 5.51. The number of likely N-dealkylation sites (tertiary alicyclic amines) is 1. The molecule has 4 rings (SSSR count). The molecule has 4 heteroatoms. The topological polar surface area (TPSA) is 32.8 Å². The van der Waals surface area contributed by atoms with E-state index >= 15 is 0 Å². The largest absolute Gasteiger partial charge is 0.363 e. The number of hydrogen-bond donors (Lipinski definition) is 0. The van der Waals surface area contributed by atoms with E-state index in [9.17, 15) is 4.79 Å². The number of nitrogens with zero attached hydrogens (tertiary/aromatic N) is 2. The molecule has 2 saturated heterocycles. The van der Waals surface area contributed by atoms with E-state index in [4.69, 9.17) is 4.74 Å². The number of para-hydroxylation sites is 1. The molecule has 2 fully saturated rings. The lowest BCUT2D eigenvalue weighted by Crippen LogP contribution is -2.55. The van der Waals surface area contributed by atoms with Gasteiger partial charge in [0, 0.05) is 18.8 Å². The SMILES string of the molecule is Cc1ccc(C)c(CN2CCCC3(CC2)CN(c2ccccc2)C(=O)CO3)c1. The molecule has 1 atom stereocenters. The molecule has 1 unspecified atom stereocenters. The van der Waals surface area contributed by atoms with Gasteiger partial charge in [0.25, 0.3) is 5.91 Å². The molecule has 2 aliphatic rings. The van der Waals surface area contributed by atoms with E-state index < -0.39 is 0 Å². The van der Waals surface area contributed by atoms with Crippen LogP contribution in [0.1, 0.15) is 36.0 Å². The van der Waals surface area contributed by atoms with Gasteiger partial charge in [0.1, 0.15) is 6.61 Å². The number of carbonyl (C=O) groups is 1. The Bertz CT molecular complexity index is 836. The fourth-order valence-electron chi connectivity index (χ4n) is 4.45. The fourth-order valence-corrected chi connectivity index (χ4v) is 4.45. The van der Waals surface area contributed by atoms with Crippen LogP contribution in [0.5, 0.6) is 0 Å². The summed E-state index contributed by atoms with van der Waals surface area (Å²) in [5, 5.41) is 0. The molecule has 0 N–H and O–H groups in total. The number of hydrogen-bond acceptors (Lipinski definition) is 3. The molecule has 2 aromatic carbocycles. The Labute approximate surface area is 168 Å². The highest BCUT2D eigenvalue weighted by Crippen LogP contribution is 2.33. The molecule has 1 spiro atoms. The third-order valence-corrected chi connectivity index (χ3v) is 6.21. The highest BCUT2D eigenvalue weighted by molar-refractivity contribution is 5.95. The van der Waals surface area contributed by atoms with Gasteiger partial charge in [-0.3, -0.25) is 9.69 Å². The van der Waals surface area contributed by atoms with Crippen molar-refractivity contribution in [1.29, 1.82) is 0 Å². The van der Waals surface area contributed by atoms with E-state index in [-0.39, 0.29) is 18.1 Å². The van der Waals surface area contributed by atoms with Crippen LogP contribution in [-0.2, 0) is 16.1 Å². The van der Waals surface area contributed by atoms with Gasteiger partial charge in [0.2, 0.25) is 0 Å². The lowest BCUT2D eigenvalue weighted by molar-refractivity contribution is -0.140. The Balaban J connectivity index is 1.45. The molecule has 4 nitrogen and oxygen atoms in total. The molecule has 0 bridgehead atoms. The van der Waals surface area contributed by atoms with Gasteiger partial charge in [0.15, 0.2) is 0 Å². The first-order valence-corrected chi connectivity index (χ1v) is 10.3. The zero-order chi connectivity index (χ0) is 19.6. The van der Waals surface area contributed by atoms with Gasteiger partial charge in [-0.15, -0.1) is 0 Å². The molecule has 1 amide bonds. The summed E-state index contributed by atoms with van der Waals surface area (Å²) in [4.78, 5) is 16.9. The number of rotatable bonds is 3. The standard InChI is InChI=1S/C24H30N2O2/c1-19-9-10-20(2)21(15-19)16-25-13-6-11-24(12-14-25)18-26(23(27)17-28-24)22-7-4-3-5-8-22/h3-5,7-10,15H,6,11-14,16-18H2,1-2H3. The first-order chi connectivity index (χ1) is 13.5. The number of morpholine rings is 1. The first kappa shape index (κ1) is 19.2. The van der Waals surface area contributed by atoms with Crippen molar-refractivity contribution in [3.05, 3.63) is 65.2 Å². The highest BCUT2D eigenvalue weighted by Gasteiger charge is 2.41. The Hall–Kier alpha value is -2.17. The van der Waals surface area contributed by atoms with Crippen molar-refractivity contribution in [2.45, 2.75) is 45.3 Å². The molecule has 0 aliphatic carbocycles. The molecule has 148 valence electrons. The van der Waals surface area contributed by atoms with Crippen LogP contribution < -0.4 is 4.90 Å². The maximum Gasteiger partial charge on any atom is 0.253 e. The van der Waals surface area contributed by atoms with E-state index in [1.54, 1.807) is 0 Å². The molecule has 28 heavy (non-hydrogen) atoms. The van der Waals surface area contributed by atoms with Crippen molar-refractivity contribution in [2.75, 3.05) is 31.1 Å². The number of aryl methyl sites for hydroxylation is 2. The highest BCUT2D eigenvalue weighted by atomic mass is 16.5. The summed E-state index contributed by atoms with van der Waals surface area (Å²) in [6.45, 7) is 8.28. The molecule has 2 heterocycles. The van der Waals surface area contributed by atoms with Gasteiger partial charge >= 0.3 is 0 Å². The molecule has 0 aromatic heterocycles. The second-order valence-electron chi connectivity index (χ2n) is 8.35. The van der Waals surface area contributed by atoms with Crippen LogP contribution in [0, 0.1) is 13.8 Å². The normalized spacial score (nSPS) is 23.8. The Morgan fingerprint density at radius 1 is 1.04 bits per heavy atom. The summed E-state index contributed by atoms with van der Waals surface area (Å²) in [5.41, 5.74) is 4.85. The predicted molar refractivity (Wildman–Crippen MR) is 113 cm³/mol. The van der Waals surface area contributed by atoms with Crippen molar-refractivity contribution in [2.24, 2.45) is 0 Å². The van der Waals surface area contributed by atoms with Crippen LogP contribution in [0.3, 0.4) is 0 Å². The van der Waals surface area contributed by atoms with E-state index in [0.29, 0.717) is 6.54 Å². The third kappa shape index (κ3) is 4.13. The summed E-state index contributed by atoms with van der Waals surface area (Å²) in [5.74, 6) is 0.0633. The number of ether oxygens (including phenoxy) is 1. The summed E-state index contributed by atoms with van der Waals surface area (Å²) < 4.78 is 6.17. The Morgan fingerprint density at radius 2 is 1.86 bits per heavy atom. The summed E-state index contributed by atoms with van der Waals surface area (Å²) in [6.07, 6.45) is 3.07. The Morgan fingerprint density at radius 3 is 2.68 bits per heavy atom. The van der Waals surface area contributed by atoms with Gasteiger partial charge in [0.05, 0.1) is 12.1 Å². The summed E-state index contributed by atoms with van der Waals surface area (Å²) in [6, 6.07) is 16.7. The van der Waals surface area contributed by atoms with Gasteiger partial charge in [-0.2, -0.15) is 0 Å². The quantitative estimate of drug-likeness (QED) is 0.806. The third-order valence-electron chi connectivity index (χ3n) is 6.21. The molecule has 2 aromatic rings. The van der Waals surface area contributed by atoms with Crippen LogP contribution in [0.4, 0.5) is 5.69 Å². The lowest BCUT2D eigenvalue weighted by Gasteiger charge is -2.42. The number of amides is 1. The molecule has 2 aliphatic heterocycles. The van der Waals surface area contributed by atoms with Crippen LogP contribution in [0.15, 0.2) is 48.5 Å². The molecular formula is C24H30N2O2. The van der Waals surface area contributed by atoms with Crippen LogP contribution in [0.2, 0.25) is 0 Å². The smallest absolute Gasteiger partial charge is 0.253 e. The average molecular weight is 379 g/mol. The number of benzene rings is 2. The predicted octanol–water partition coefficient (Wildman–Crippen LogP) is 4.09. The van der Waals surface area contributed by atoms with Crippen LogP contribution in [0.25, 0.3) is 0 Å². The zero-order valence-electron chi connectivity index (χ0n) is 17.0. The summed E-state index contributed by atoms with van der Waals surface area (Å²) in [7, 11) is 0. The van der Waals surface area contributed by atoms with E-state index in [2.05, 4.69) is 36.9 Å². The van der Waals surface area contributed by atoms with Crippen LogP contribution >= 0.6 is 0 Å². The first-order valence-electron chi connectivity index (χ1n) is 10.3. The minimum Gasteiger partial charge on any atom is -0.363 e. The van der Waals surface area contributed by atoms with E-state index in [0.717, 1.165) is 44.6 Å². The van der Waals surface area contributed by atoms with Gasteiger partial charge in [-0.1, -0.05) is 42.0 Å². The van der Waals surface area contributed by atoms with Gasteiger partial charge in [-0.05, 0) is 62.9 Å². The zero-order valence-corrected chi connectivity index (χ0v) is 17.0. The van der Waals surface area contributed by atoms with Crippen LogP contribution in [-0.4, -0.2) is 42.6 Å². The van der Waals surface area contributed by atoms with Crippen molar-refractivity contribution in [1.82, 2.24) is 4.90 Å². The monoisotopic (exact) mass is 378 g/mol. The van der Waals surface area contributed by atoms with Gasteiger partial charge < -0.3 is 9.64 Å². The van der Waals surface area contributed by atoms with E-state index in [1.807, 2.05) is 35.2 Å². The van der Waals surface area contributed by atoms with Crippen molar-refractivity contribution in [3.63, 3.8) is 0 Å². The minimum atomic E-state index is -0.222. The van der Waals surface area contributed by atoms with Gasteiger partial charge in [-0.25, -0.2) is 0 Å². The maximum atomic E-state index is 12.5. The molecule has 0 saturated carbocycles. The second kappa shape index (κ2) is 8.06. The van der Waals surface area contributed by atoms with Crippen molar-refractivity contribution < 1.29 is 9.53 Å².